The molecule has 0 saturated heterocycles. The second-order valence-electron chi connectivity index (χ2n) is 10.5. The number of carbonyl (C=O) groups excluding carboxylic acids is 3. The number of fused-ring (bicyclic) bond motifs is 1. The third kappa shape index (κ3) is 5.78. The van der Waals surface area contributed by atoms with Crippen LogP contribution in [0.1, 0.15) is 43.8 Å². The summed E-state index contributed by atoms with van der Waals surface area (Å²) in [5.41, 5.74) is 6.79. The quantitative estimate of drug-likeness (QED) is 0.300. The van der Waals surface area contributed by atoms with E-state index in [1.54, 1.807) is 36.4 Å². The Hall–Kier alpha value is -5.24. The number of carboxylic acids is 1. The van der Waals surface area contributed by atoms with Crippen molar-refractivity contribution in [2.24, 2.45) is 0 Å². The smallest absolute Gasteiger partial charge is 0.323 e. The van der Waals surface area contributed by atoms with E-state index >= 15 is 0 Å². The molecule has 0 saturated carbocycles. The lowest BCUT2D eigenvalue weighted by Crippen LogP contribution is -2.35. The second kappa shape index (κ2) is 11.7. The molecule has 3 amide bonds. The molecule has 0 bridgehead atoms. The molecule has 2 N–H and O–H groups in total. The summed E-state index contributed by atoms with van der Waals surface area (Å²) in [7, 11) is 0. The predicted molar refractivity (Wildman–Crippen MR) is 163 cm³/mol. The van der Waals surface area contributed by atoms with Gasteiger partial charge in [-0.15, -0.1) is 0 Å². The van der Waals surface area contributed by atoms with Gasteiger partial charge < -0.3 is 15.3 Å². The Morgan fingerprint density at radius 1 is 0.833 bits per heavy atom. The molecular weight excluding hydrogens is 530 g/mol. The molecule has 4 aromatic carbocycles. The van der Waals surface area contributed by atoms with Gasteiger partial charge in [-0.1, -0.05) is 54.1 Å². The average Bonchev–Trinajstić information content (AvgIpc) is 3.10. The van der Waals surface area contributed by atoms with Crippen molar-refractivity contribution >= 4 is 40.8 Å². The van der Waals surface area contributed by atoms with Crippen LogP contribution in [-0.4, -0.2) is 41.9 Å². The molecule has 0 aromatic heterocycles. The number of hydrogen-bond donors (Lipinski definition) is 2. The van der Waals surface area contributed by atoms with Crippen molar-refractivity contribution < 1.29 is 24.3 Å². The number of amides is 3. The number of nitrogens with one attached hydrogen (secondary N) is 1. The summed E-state index contributed by atoms with van der Waals surface area (Å²) >= 11 is 0. The summed E-state index contributed by atoms with van der Waals surface area (Å²) in [6, 6.07) is 25.8. The summed E-state index contributed by atoms with van der Waals surface area (Å²) in [6.45, 7) is 5.29. The molecule has 1 aliphatic rings. The first-order valence-electron chi connectivity index (χ1n) is 13.6. The van der Waals surface area contributed by atoms with Crippen LogP contribution in [0.15, 0.2) is 84.9 Å². The number of benzene rings is 4. The van der Waals surface area contributed by atoms with Gasteiger partial charge in [-0.2, -0.15) is 0 Å². The van der Waals surface area contributed by atoms with Gasteiger partial charge in [0, 0.05) is 29.8 Å². The van der Waals surface area contributed by atoms with Crippen LogP contribution in [0.4, 0.5) is 17.1 Å². The maximum atomic E-state index is 13.8. The van der Waals surface area contributed by atoms with Crippen molar-refractivity contribution in [3.8, 4) is 11.1 Å². The molecule has 4 aromatic rings. The molecule has 0 radical (unpaired) electrons. The number of rotatable bonds is 6. The Morgan fingerprint density at radius 3 is 2.26 bits per heavy atom. The molecule has 42 heavy (non-hydrogen) atoms. The minimum Gasteiger partial charge on any atom is -0.480 e. The van der Waals surface area contributed by atoms with Crippen molar-refractivity contribution in [3.05, 3.63) is 113 Å². The van der Waals surface area contributed by atoms with Gasteiger partial charge in [0.2, 0.25) is 5.91 Å². The first-order chi connectivity index (χ1) is 20.1. The van der Waals surface area contributed by atoms with Crippen LogP contribution in [0.5, 0.6) is 0 Å². The van der Waals surface area contributed by atoms with Crippen molar-refractivity contribution in [1.82, 2.24) is 0 Å². The van der Waals surface area contributed by atoms with Crippen LogP contribution >= 0.6 is 0 Å². The zero-order chi connectivity index (χ0) is 30.0. The van der Waals surface area contributed by atoms with Crippen LogP contribution in [-0.2, 0) is 9.59 Å². The van der Waals surface area contributed by atoms with Gasteiger partial charge >= 0.3 is 5.97 Å². The van der Waals surface area contributed by atoms with Gasteiger partial charge in [0.15, 0.2) is 0 Å². The molecule has 212 valence electrons. The van der Waals surface area contributed by atoms with Gasteiger partial charge in [-0.05, 0) is 79.4 Å². The summed E-state index contributed by atoms with van der Waals surface area (Å²) in [6.07, 6.45) is -0.0136. The zero-order valence-corrected chi connectivity index (χ0v) is 23.7. The first kappa shape index (κ1) is 28.3. The van der Waals surface area contributed by atoms with Crippen LogP contribution < -0.4 is 15.1 Å². The largest absolute Gasteiger partial charge is 0.480 e. The highest BCUT2D eigenvalue weighted by Crippen LogP contribution is 2.35. The van der Waals surface area contributed by atoms with E-state index in [9.17, 15) is 24.3 Å². The Morgan fingerprint density at radius 2 is 1.55 bits per heavy atom. The molecular formula is C34H31N3O5. The molecule has 0 atom stereocenters. The lowest BCUT2D eigenvalue weighted by atomic mass is 9.98. The standard InChI is InChI=1S/C34H31N3O5/c1-21-8-11-24(12-9-21)26-6-4-5-7-27(26)33(41)35-28-14-13-25(19-23(28)3)34(42)36-17-16-31(38)37(20-32(39)40)30-18-22(2)10-15-29(30)36/h4-15,18-19H,16-17,20H2,1-3H3,(H,35,41)(H,39,40). The van der Waals surface area contributed by atoms with Gasteiger partial charge in [-0.25, -0.2) is 0 Å². The average molecular weight is 562 g/mol. The highest BCUT2D eigenvalue weighted by molar-refractivity contribution is 6.13. The third-order valence-corrected chi connectivity index (χ3v) is 7.36. The fraction of sp³-hybridized carbons (Fsp3) is 0.176. The SMILES string of the molecule is Cc1ccc(-c2ccccc2C(=O)Nc2ccc(C(=O)N3CCC(=O)N(CC(=O)O)c4cc(C)ccc43)cc2C)cc1. The normalized spacial score (nSPS) is 12.9. The maximum absolute atomic E-state index is 13.8. The minimum absolute atomic E-state index is 0.0136. The fourth-order valence-corrected chi connectivity index (χ4v) is 5.14. The van der Waals surface area contributed by atoms with Gasteiger partial charge in [0.05, 0.1) is 11.4 Å². The Bertz CT molecular complexity index is 1710. The maximum Gasteiger partial charge on any atom is 0.323 e. The fourth-order valence-electron chi connectivity index (χ4n) is 5.14. The Kier molecular flexibility index (Phi) is 7.88. The van der Waals surface area contributed by atoms with E-state index < -0.39 is 12.5 Å². The number of aryl methyl sites for hydroxylation is 3. The van der Waals surface area contributed by atoms with E-state index in [0.717, 1.165) is 22.3 Å². The zero-order valence-electron chi connectivity index (χ0n) is 23.7. The lowest BCUT2D eigenvalue weighted by molar-refractivity contribution is -0.136. The third-order valence-electron chi connectivity index (χ3n) is 7.36. The number of carboxylic acid groups (broad SMARTS) is 1. The summed E-state index contributed by atoms with van der Waals surface area (Å²) < 4.78 is 0. The number of aliphatic carboxylic acids is 1. The Balaban J connectivity index is 1.41. The summed E-state index contributed by atoms with van der Waals surface area (Å²) in [5, 5.41) is 12.4. The van der Waals surface area contributed by atoms with Crippen LogP contribution in [0.2, 0.25) is 0 Å². The molecule has 0 spiro atoms. The first-order valence-corrected chi connectivity index (χ1v) is 13.6. The summed E-state index contributed by atoms with van der Waals surface area (Å²) in [4.78, 5) is 54.2. The molecule has 1 aliphatic heterocycles. The van der Waals surface area contributed by atoms with Crippen molar-refractivity contribution in [3.63, 3.8) is 0 Å². The molecule has 8 nitrogen and oxygen atoms in total. The lowest BCUT2D eigenvalue weighted by Gasteiger charge is -2.25. The van der Waals surface area contributed by atoms with E-state index in [2.05, 4.69) is 5.32 Å². The van der Waals surface area contributed by atoms with Crippen LogP contribution in [0.3, 0.4) is 0 Å². The van der Waals surface area contributed by atoms with Crippen LogP contribution in [0.25, 0.3) is 11.1 Å². The monoisotopic (exact) mass is 561 g/mol. The van der Waals surface area contributed by atoms with E-state index in [1.807, 2.05) is 69.3 Å². The molecule has 0 aliphatic carbocycles. The number of hydrogen-bond acceptors (Lipinski definition) is 4. The molecule has 5 rings (SSSR count). The highest BCUT2D eigenvalue weighted by Gasteiger charge is 2.31. The number of carbonyl (C=O) groups is 4. The van der Waals surface area contributed by atoms with Crippen molar-refractivity contribution in [1.29, 1.82) is 0 Å². The molecule has 1 heterocycles. The molecule has 0 fully saturated rings. The van der Waals surface area contributed by atoms with Crippen molar-refractivity contribution in [2.75, 3.05) is 28.2 Å². The van der Waals surface area contributed by atoms with E-state index in [-0.39, 0.29) is 30.7 Å². The topological polar surface area (TPSA) is 107 Å². The summed E-state index contributed by atoms with van der Waals surface area (Å²) in [5.74, 6) is -2.08. The molecule has 8 heteroatoms. The predicted octanol–water partition coefficient (Wildman–Crippen LogP) is 6.00. The van der Waals surface area contributed by atoms with Gasteiger partial charge in [0.1, 0.15) is 6.54 Å². The number of nitrogens with zero attached hydrogens (tertiary/aromatic N) is 2. The van der Waals surface area contributed by atoms with Crippen LogP contribution in [0, 0.1) is 20.8 Å². The highest BCUT2D eigenvalue weighted by atomic mass is 16.4. The van der Waals surface area contributed by atoms with E-state index in [1.165, 1.54) is 9.80 Å². The van der Waals surface area contributed by atoms with Crippen molar-refractivity contribution in [2.45, 2.75) is 27.2 Å². The number of anilines is 3. The molecule has 0 unspecified atom stereocenters. The Labute approximate surface area is 244 Å². The van der Waals surface area contributed by atoms with Gasteiger partial charge in [-0.3, -0.25) is 24.1 Å². The van der Waals surface area contributed by atoms with Gasteiger partial charge in [0.25, 0.3) is 11.8 Å². The second-order valence-corrected chi connectivity index (χ2v) is 10.5. The minimum atomic E-state index is -1.13. The van der Waals surface area contributed by atoms with E-state index in [0.29, 0.717) is 33.8 Å². The van der Waals surface area contributed by atoms with E-state index in [4.69, 9.17) is 0 Å².